The monoisotopic (exact) mass is 583 g/mol. The lowest BCUT2D eigenvalue weighted by Gasteiger charge is -2.42. The van der Waals surface area contributed by atoms with Crippen LogP contribution in [-0.4, -0.2) is 57.4 Å². The van der Waals surface area contributed by atoms with Crippen molar-refractivity contribution in [1.82, 2.24) is 9.88 Å². The van der Waals surface area contributed by atoms with E-state index in [1.165, 1.54) is 6.20 Å². The number of carbonyl (C=O) groups excluding carboxylic acids is 1. The van der Waals surface area contributed by atoms with Crippen LogP contribution in [0.25, 0.3) is 0 Å². The van der Waals surface area contributed by atoms with Gasteiger partial charge in [0.1, 0.15) is 5.75 Å². The molecule has 1 aromatic heterocycles. The number of ether oxygens (including phenoxy) is 2. The van der Waals surface area contributed by atoms with Crippen molar-refractivity contribution >= 4 is 11.6 Å². The molecule has 1 amide bonds. The van der Waals surface area contributed by atoms with Gasteiger partial charge in [-0.25, -0.2) is 0 Å². The summed E-state index contributed by atoms with van der Waals surface area (Å²) >= 11 is 0. The zero-order valence-electron chi connectivity index (χ0n) is 24.2. The molecule has 3 aromatic carbocycles. The van der Waals surface area contributed by atoms with Gasteiger partial charge in [-0.3, -0.25) is 9.78 Å². The molecule has 0 radical (unpaired) electrons. The second-order valence-corrected chi connectivity index (χ2v) is 11.0. The molecule has 1 aliphatic rings. The van der Waals surface area contributed by atoms with E-state index in [0.29, 0.717) is 29.9 Å². The smallest absolute Gasteiger partial charge is 0.257 e. The number of aromatic nitrogens is 1. The second kappa shape index (κ2) is 13.9. The first kappa shape index (κ1) is 30.3. The highest BCUT2D eigenvalue weighted by Crippen LogP contribution is 2.42. The number of aliphatic hydroxyl groups is 2. The predicted molar refractivity (Wildman–Crippen MR) is 162 cm³/mol. The first-order valence-corrected chi connectivity index (χ1v) is 14.3. The minimum Gasteiger partial charge on any atom is -0.508 e. The number of amides is 1. The largest absolute Gasteiger partial charge is 0.508 e. The van der Waals surface area contributed by atoms with Crippen LogP contribution in [0.4, 0.5) is 5.69 Å². The van der Waals surface area contributed by atoms with Crippen LogP contribution in [0.5, 0.6) is 5.75 Å². The quantitative estimate of drug-likeness (QED) is 0.206. The van der Waals surface area contributed by atoms with Crippen LogP contribution in [0.3, 0.4) is 0 Å². The number of aromatic hydroxyl groups is 1. The zero-order chi connectivity index (χ0) is 30.3. The number of phenolic OH excluding ortho intramolecular Hbond substituents is 1. The van der Waals surface area contributed by atoms with E-state index in [4.69, 9.17) is 9.47 Å². The fourth-order valence-electron chi connectivity index (χ4n) is 5.27. The van der Waals surface area contributed by atoms with Crippen molar-refractivity contribution in [2.45, 2.75) is 38.1 Å². The highest BCUT2D eigenvalue weighted by molar-refractivity contribution is 6.04. The van der Waals surface area contributed by atoms with Crippen molar-refractivity contribution < 1.29 is 29.6 Å². The first-order valence-electron chi connectivity index (χ1n) is 14.3. The Morgan fingerprint density at radius 2 is 1.74 bits per heavy atom. The third kappa shape index (κ3) is 7.64. The van der Waals surface area contributed by atoms with Crippen LogP contribution in [-0.2, 0) is 16.1 Å². The molecule has 5 rings (SSSR count). The topological polar surface area (TPSA) is 124 Å². The molecule has 2 heterocycles. The normalized spacial score (nSPS) is 21.0. The van der Waals surface area contributed by atoms with Gasteiger partial charge in [-0.2, -0.15) is 0 Å². The summed E-state index contributed by atoms with van der Waals surface area (Å²) in [4.78, 5) is 18.6. The predicted octanol–water partition coefficient (Wildman–Crippen LogP) is 4.99. The molecule has 1 fully saturated rings. The van der Waals surface area contributed by atoms with E-state index in [2.05, 4.69) is 17.2 Å². The number of hydrogen-bond acceptors (Lipinski definition) is 8. The molecule has 0 saturated carbocycles. The van der Waals surface area contributed by atoms with Crippen LogP contribution in [0, 0.1) is 5.92 Å². The van der Waals surface area contributed by atoms with Gasteiger partial charge < -0.3 is 35.0 Å². The van der Waals surface area contributed by atoms with E-state index in [1.807, 2.05) is 60.5 Å². The maximum Gasteiger partial charge on any atom is 0.257 e. The highest BCUT2D eigenvalue weighted by atomic mass is 16.7. The molecular weight excluding hydrogens is 546 g/mol. The molecule has 9 nitrogen and oxygen atoms in total. The Kier molecular flexibility index (Phi) is 9.81. The Hall–Kier alpha value is -4.12. The van der Waals surface area contributed by atoms with Gasteiger partial charge in [-0.1, -0.05) is 55.5 Å². The first-order chi connectivity index (χ1) is 20.8. The third-order valence-electron chi connectivity index (χ3n) is 7.72. The number of pyridine rings is 1. The van der Waals surface area contributed by atoms with Gasteiger partial charge in [-0.05, 0) is 60.1 Å². The number of hydrogen-bond donors (Lipinski definition) is 4. The molecule has 0 spiro atoms. The number of rotatable bonds is 10. The summed E-state index contributed by atoms with van der Waals surface area (Å²) in [6.45, 7) is 2.93. The van der Waals surface area contributed by atoms with Crippen molar-refractivity contribution in [3.63, 3.8) is 0 Å². The number of benzene rings is 3. The van der Waals surface area contributed by atoms with Crippen molar-refractivity contribution in [2.75, 3.05) is 25.5 Å². The Balaban J connectivity index is 1.32. The molecule has 0 aliphatic carbocycles. The fraction of sp³-hybridized carbons (Fsp3) is 0.294. The number of aliphatic hydroxyl groups excluding tert-OH is 2. The maximum atomic E-state index is 12.6. The van der Waals surface area contributed by atoms with E-state index in [0.717, 1.165) is 16.7 Å². The standard InChI is InChI=1S/C34H37N3O6/c1-22-31(20-37(2)19-30(40)26-5-3-7-29(39)17-26)42-34(43-32(22)24-10-8-23(21-38)9-11-24)25-12-14-28(15-13-25)36-33(41)27-6-4-16-35-18-27/h3-18,22,30-32,34,38-40H,19-21H2,1-2H3,(H,36,41)/t22-,30+,31+,32+,34+/m0/s1. The van der Waals surface area contributed by atoms with Gasteiger partial charge in [-0.15, -0.1) is 0 Å². The van der Waals surface area contributed by atoms with Crippen LogP contribution in [0.2, 0.25) is 0 Å². The molecule has 5 atom stereocenters. The van der Waals surface area contributed by atoms with Gasteiger partial charge in [0.25, 0.3) is 5.91 Å². The Labute approximate surface area is 251 Å². The summed E-state index contributed by atoms with van der Waals surface area (Å²) < 4.78 is 13.1. The van der Waals surface area contributed by atoms with Crippen molar-refractivity contribution in [1.29, 1.82) is 0 Å². The van der Waals surface area contributed by atoms with Crippen LogP contribution in [0.15, 0.2) is 97.3 Å². The van der Waals surface area contributed by atoms with Gasteiger partial charge >= 0.3 is 0 Å². The number of carbonyl (C=O) groups is 1. The summed E-state index contributed by atoms with van der Waals surface area (Å²) in [5, 5.41) is 33.0. The summed E-state index contributed by atoms with van der Waals surface area (Å²) in [5.74, 6) is -0.169. The summed E-state index contributed by atoms with van der Waals surface area (Å²) in [5.41, 5.74) is 4.34. The van der Waals surface area contributed by atoms with Crippen molar-refractivity contribution in [3.8, 4) is 5.75 Å². The van der Waals surface area contributed by atoms with Gasteiger partial charge in [0.05, 0.1) is 30.5 Å². The number of likely N-dealkylation sites (N-methyl/N-ethyl adjacent to an activating group) is 1. The van der Waals surface area contributed by atoms with E-state index < -0.39 is 12.4 Å². The average molecular weight is 584 g/mol. The molecule has 4 N–H and O–H groups in total. The van der Waals surface area contributed by atoms with Crippen molar-refractivity contribution in [3.05, 3.63) is 125 Å². The molecular formula is C34H37N3O6. The number of nitrogens with zero attached hydrogens (tertiary/aromatic N) is 2. The second-order valence-electron chi connectivity index (χ2n) is 11.0. The van der Waals surface area contributed by atoms with E-state index in [1.54, 1.807) is 42.6 Å². The number of phenols is 1. The van der Waals surface area contributed by atoms with E-state index in [9.17, 15) is 20.1 Å². The number of anilines is 1. The lowest BCUT2D eigenvalue weighted by molar-refractivity contribution is -0.276. The molecule has 0 unspecified atom stereocenters. The lowest BCUT2D eigenvalue weighted by Crippen LogP contribution is -2.44. The molecule has 4 aromatic rings. The summed E-state index contributed by atoms with van der Waals surface area (Å²) in [6.07, 6.45) is 1.16. The molecule has 1 saturated heterocycles. The zero-order valence-corrected chi connectivity index (χ0v) is 24.2. The Morgan fingerprint density at radius 3 is 2.42 bits per heavy atom. The molecule has 9 heteroatoms. The third-order valence-corrected chi connectivity index (χ3v) is 7.72. The maximum absolute atomic E-state index is 12.6. The van der Waals surface area contributed by atoms with Crippen LogP contribution < -0.4 is 5.32 Å². The van der Waals surface area contributed by atoms with E-state index >= 15 is 0 Å². The minimum absolute atomic E-state index is 0.0327. The summed E-state index contributed by atoms with van der Waals surface area (Å²) in [7, 11) is 1.93. The highest BCUT2D eigenvalue weighted by Gasteiger charge is 2.39. The molecule has 43 heavy (non-hydrogen) atoms. The Morgan fingerprint density at radius 1 is 1.00 bits per heavy atom. The molecule has 1 aliphatic heterocycles. The van der Waals surface area contributed by atoms with Gasteiger partial charge in [0, 0.05) is 42.7 Å². The van der Waals surface area contributed by atoms with Crippen LogP contribution >= 0.6 is 0 Å². The SMILES string of the molecule is C[C@H]1[C@@H](CN(C)C[C@@H](O)c2cccc(O)c2)O[C@@H](c2ccc(NC(=O)c3cccnc3)cc2)O[C@H]1c1ccc(CO)cc1. The van der Waals surface area contributed by atoms with Crippen molar-refractivity contribution in [2.24, 2.45) is 5.92 Å². The fourth-order valence-corrected chi connectivity index (χ4v) is 5.27. The lowest BCUT2D eigenvalue weighted by atomic mass is 9.90. The van der Waals surface area contributed by atoms with Crippen LogP contribution in [0.1, 0.15) is 58.0 Å². The van der Waals surface area contributed by atoms with Gasteiger partial charge in [0.2, 0.25) is 0 Å². The number of nitrogens with one attached hydrogen (secondary N) is 1. The molecule has 224 valence electrons. The van der Waals surface area contributed by atoms with Gasteiger partial charge in [0.15, 0.2) is 6.29 Å². The molecule has 0 bridgehead atoms. The summed E-state index contributed by atoms with van der Waals surface area (Å²) in [6, 6.07) is 25.2. The average Bonchev–Trinajstić information content (AvgIpc) is 3.03. The van der Waals surface area contributed by atoms with E-state index in [-0.39, 0.29) is 36.4 Å². The minimum atomic E-state index is -0.778. The Bertz CT molecular complexity index is 1480.